The van der Waals surface area contributed by atoms with Crippen molar-refractivity contribution in [3.63, 3.8) is 0 Å². The van der Waals surface area contributed by atoms with Crippen LogP contribution in [-0.2, 0) is 0 Å². The van der Waals surface area contributed by atoms with Crippen molar-refractivity contribution >= 4 is 23.4 Å². The van der Waals surface area contributed by atoms with Gasteiger partial charge in [-0.2, -0.15) is 11.8 Å². The Kier molecular flexibility index (Phi) is 6.31. The van der Waals surface area contributed by atoms with Crippen molar-refractivity contribution in [2.75, 3.05) is 30.5 Å². The molecule has 1 N–H and O–H groups in total. The Balaban J connectivity index is 1.88. The molecule has 0 saturated heterocycles. The van der Waals surface area contributed by atoms with Gasteiger partial charge in [-0.15, -0.1) is 11.6 Å². The highest BCUT2D eigenvalue weighted by Crippen LogP contribution is 2.48. The van der Waals surface area contributed by atoms with Crippen LogP contribution < -0.4 is 5.32 Å². The predicted octanol–water partition coefficient (Wildman–Crippen LogP) is 3.13. The van der Waals surface area contributed by atoms with Crippen LogP contribution in [0.5, 0.6) is 0 Å². The summed E-state index contributed by atoms with van der Waals surface area (Å²) < 4.78 is 0. The standard InChI is InChI=1S/C11H22ClNS/c1-2-14-9-3-8-13-10-11(4-5-11)6-7-12/h13H,2-10H2,1H3. The van der Waals surface area contributed by atoms with Gasteiger partial charge in [0.05, 0.1) is 0 Å². The van der Waals surface area contributed by atoms with Crippen molar-refractivity contribution in [3.8, 4) is 0 Å². The van der Waals surface area contributed by atoms with Gasteiger partial charge in [0.2, 0.25) is 0 Å². The minimum absolute atomic E-state index is 0.597. The third-order valence-electron chi connectivity index (χ3n) is 2.93. The molecule has 0 bridgehead atoms. The highest BCUT2D eigenvalue weighted by molar-refractivity contribution is 7.99. The van der Waals surface area contributed by atoms with E-state index in [4.69, 9.17) is 11.6 Å². The summed E-state index contributed by atoms with van der Waals surface area (Å²) >= 11 is 7.81. The maximum atomic E-state index is 5.78. The normalized spacial score (nSPS) is 18.4. The van der Waals surface area contributed by atoms with Gasteiger partial charge in [0, 0.05) is 12.4 Å². The first-order valence-corrected chi connectivity index (χ1v) is 7.36. The smallest absolute Gasteiger partial charge is 0.0229 e. The minimum atomic E-state index is 0.597. The molecule has 84 valence electrons. The Labute approximate surface area is 97.4 Å². The third-order valence-corrected chi connectivity index (χ3v) is 4.10. The van der Waals surface area contributed by atoms with Crippen LogP contribution in [0.1, 0.15) is 32.6 Å². The lowest BCUT2D eigenvalue weighted by Crippen LogP contribution is -2.25. The first-order valence-electron chi connectivity index (χ1n) is 5.67. The molecule has 0 aromatic carbocycles. The summed E-state index contributed by atoms with van der Waals surface area (Å²) in [7, 11) is 0. The quantitative estimate of drug-likeness (QED) is 0.487. The minimum Gasteiger partial charge on any atom is -0.316 e. The van der Waals surface area contributed by atoms with Crippen molar-refractivity contribution in [1.29, 1.82) is 0 Å². The average molecular weight is 236 g/mol. The molecule has 1 aliphatic rings. The van der Waals surface area contributed by atoms with Crippen LogP contribution >= 0.6 is 23.4 Å². The lowest BCUT2D eigenvalue weighted by molar-refractivity contribution is 0.447. The van der Waals surface area contributed by atoms with Gasteiger partial charge in [-0.3, -0.25) is 0 Å². The highest BCUT2D eigenvalue weighted by Gasteiger charge is 2.40. The van der Waals surface area contributed by atoms with E-state index in [1.165, 1.54) is 50.3 Å². The summed E-state index contributed by atoms with van der Waals surface area (Å²) in [4.78, 5) is 0. The van der Waals surface area contributed by atoms with Crippen LogP contribution in [0, 0.1) is 5.41 Å². The Hall–Kier alpha value is 0.600. The van der Waals surface area contributed by atoms with E-state index < -0.39 is 0 Å². The summed E-state index contributed by atoms with van der Waals surface area (Å²) in [5, 5.41) is 3.56. The Morgan fingerprint density at radius 1 is 1.43 bits per heavy atom. The predicted molar refractivity (Wildman–Crippen MR) is 67.5 cm³/mol. The molecule has 0 aromatic heterocycles. The van der Waals surface area contributed by atoms with Gasteiger partial charge in [-0.25, -0.2) is 0 Å². The molecule has 1 rings (SSSR count). The molecule has 0 unspecified atom stereocenters. The number of thioether (sulfide) groups is 1. The number of nitrogens with one attached hydrogen (secondary N) is 1. The van der Waals surface area contributed by atoms with Crippen molar-refractivity contribution in [1.82, 2.24) is 5.32 Å². The summed E-state index contributed by atoms with van der Waals surface area (Å²) in [6.45, 7) is 4.59. The van der Waals surface area contributed by atoms with E-state index in [1.54, 1.807) is 0 Å². The zero-order valence-electron chi connectivity index (χ0n) is 9.15. The average Bonchev–Trinajstić information content (AvgIpc) is 2.93. The van der Waals surface area contributed by atoms with Gasteiger partial charge in [-0.05, 0) is 49.1 Å². The van der Waals surface area contributed by atoms with Gasteiger partial charge < -0.3 is 5.32 Å². The molecule has 1 aliphatic carbocycles. The zero-order chi connectivity index (χ0) is 10.3. The van der Waals surface area contributed by atoms with E-state index in [2.05, 4.69) is 12.2 Å². The Bertz CT molecular complexity index is 148. The molecule has 0 aromatic rings. The maximum Gasteiger partial charge on any atom is 0.0229 e. The van der Waals surface area contributed by atoms with Gasteiger partial charge in [0.1, 0.15) is 0 Å². The SMILES string of the molecule is CCSCCCNCC1(CCCl)CC1. The van der Waals surface area contributed by atoms with E-state index in [9.17, 15) is 0 Å². The van der Waals surface area contributed by atoms with Crippen LogP contribution in [0.2, 0.25) is 0 Å². The maximum absolute atomic E-state index is 5.78. The molecular weight excluding hydrogens is 214 g/mol. The number of rotatable bonds is 9. The molecule has 14 heavy (non-hydrogen) atoms. The highest BCUT2D eigenvalue weighted by atomic mass is 35.5. The third kappa shape index (κ3) is 4.90. The molecule has 1 nitrogen and oxygen atoms in total. The largest absolute Gasteiger partial charge is 0.316 e. The fraction of sp³-hybridized carbons (Fsp3) is 1.00. The van der Waals surface area contributed by atoms with Crippen LogP contribution in [0.4, 0.5) is 0 Å². The van der Waals surface area contributed by atoms with E-state index >= 15 is 0 Å². The van der Waals surface area contributed by atoms with Crippen LogP contribution in [0.3, 0.4) is 0 Å². The zero-order valence-corrected chi connectivity index (χ0v) is 10.7. The van der Waals surface area contributed by atoms with Gasteiger partial charge in [-0.1, -0.05) is 6.92 Å². The van der Waals surface area contributed by atoms with Crippen molar-refractivity contribution in [2.24, 2.45) is 5.41 Å². The van der Waals surface area contributed by atoms with E-state index in [0.29, 0.717) is 5.41 Å². The van der Waals surface area contributed by atoms with Crippen molar-refractivity contribution in [3.05, 3.63) is 0 Å². The van der Waals surface area contributed by atoms with Crippen LogP contribution in [0.25, 0.3) is 0 Å². The van der Waals surface area contributed by atoms with Gasteiger partial charge in [0.25, 0.3) is 0 Å². The van der Waals surface area contributed by atoms with Crippen LogP contribution in [0.15, 0.2) is 0 Å². The first kappa shape index (κ1) is 12.7. The molecule has 0 amide bonds. The molecule has 0 radical (unpaired) electrons. The Morgan fingerprint density at radius 2 is 2.21 bits per heavy atom. The van der Waals surface area contributed by atoms with E-state index in [1.807, 2.05) is 11.8 Å². The summed E-state index contributed by atoms with van der Waals surface area (Å²) in [5.74, 6) is 3.37. The number of hydrogen-bond acceptors (Lipinski definition) is 2. The lowest BCUT2D eigenvalue weighted by atomic mass is 10.0. The number of halogens is 1. The molecule has 0 spiro atoms. The molecule has 3 heteroatoms. The van der Waals surface area contributed by atoms with Gasteiger partial charge >= 0.3 is 0 Å². The second kappa shape index (κ2) is 6.97. The second-order valence-corrected chi connectivity index (χ2v) is 5.94. The molecular formula is C11H22ClNS. The molecule has 0 heterocycles. The lowest BCUT2D eigenvalue weighted by Gasteiger charge is -2.14. The molecule has 0 aliphatic heterocycles. The summed E-state index contributed by atoms with van der Waals surface area (Å²) in [6.07, 6.45) is 5.27. The number of alkyl halides is 1. The summed E-state index contributed by atoms with van der Waals surface area (Å²) in [5.41, 5.74) is 0.597. The molecule has 1 fully saturated rings. The molecule has 0 atom stereocenters. The van der Waals surface area contributed by atoms with Gasteiger partial charge in [0.15, 0.2) is 0 Å². The fourth-order valence-corrected chi connectivity index (χ4v) is 2.73. The van der Waals surface area contributed by atoms with Crippen LogP contribution in [-0.4, -0.2) is 30.5 Å². The van der Waals surface area contributed by atoms with Crippen molar-refractivity contribution < 1.29 is 0 Å². The fourth-order valence-electron chi connectivity index (χ4n) is 1.69. The first-order chi connectivity index (χ1) is 6.83. The summed E-state index contributed by atoms with van der Waals surface area (Å²) in [6, 6.07) is 0. The van der Waals surface area contributed by atoms with E-state index in [0.717, 1.165) is 5.88 Å². The second-order valence-electron chi connectivity index (χ2n) is 4.17. The Morgan fingerprint density at radius 3 is 2.79 bits per heavy atom. The number of hydrogen-bond donors (Lipinski definition) is 1. The molecule has 1 saturated carbocycles. The topological polar surface area (TPSA) is 12.0 Å². The monoisotopic (exact) mass is 235 g/mol. The van der Waals surface area contributed by atoms with E-state index in [-0.39, 0.29) is 0 Å². The van der Waals surface area contributed by atoms with Crippen molar-refractivity contribution in [2.45, 2.75) is 32.6 Å².